The highest BCUT2D eigenvalue weighted by Crippen LogP contribution is 2.22. The number of hydrogen-bond donors (Lipinski definition) is 2. The van der Waals surface area contributed by atoms with Gasteiger partial charge in [-0.25, -0.2) is 9.18 Å². The summed E-state index contributed by atoms with van der Waals surface area (Å²) in [6.45, 7) is 1.29. The Hall–Kier alpha value is -2.44. The van der Waals surface area contributed by atoms with Gasteiger partial charge in [0.25, 0.3) is 5.91 Å². The summed E-state index contributed by atoms with van der Waals surface area (Å²) in [6, 6.07) is 5.23. The Bertz CT molecular complexity index is 639. The number of rotatable bonds is 4. The van der Waals surface area contributed by atoms with Gasteiger partial charge in [-0.15, -0.1) is 0 Å². The lowest BCUT2D eigenvalue weighted by molar-refractivity contribution is -0.135. The first-order valence-corrected chi connectivity index (χ1v) is 8.15. The number of imide groups is 1. The van der Waals surface area contributed by atoms with Crippen molar-refractivity contribution in [2.75, 3.05) is 13.1 Å². The molecule has 128 valence electrons. The van der Waals surface area contributed by atoms with Crippen LogP contribution in [0.25, 0.3) is 0 Å². The molecular formula is C17H20FN3O3. The van der Waals surface area contributed by atoms with Gasteiger partial charge in [0.2, 0.25) is 5.91 Å². The highest BCUT2D eigenvalue weighted by molar-refractivity contribution is 6.05. The molecule has 0 aliphatic carbocycles. The van der Waals surface area contributed by atoms with Gasteiger partial charge in [-0.05, 0) is 42.9 Å². The first-order chi connectivity index (χ1) is 11.5. The minimum absolute atomic E-state index is 0.000201. The number of nitrogens with one attached hydrogen (secondary N) is 2. The predicted molar refractivity (Wildman–Crippen MR) is 84.5 cm³/mol. The number of carbonyl (C=O) groups is 3. The van der Waals surface area contributed by atoms with Crippen molar-refractivity contribution in [2.24, 2.45) is 5.92 Å². The summed E-state index contributed by atoms with van der Waals surface area (Å²) in [4.78, 5) is 36.6. The third-order valence-corrected chi connectivity index (χ3v) is 4.64. The molecule has 6 nitrogen and oxygen atoms in total. The van der Waals surface area contributed by atoms with Crippen LogP contribution in [0.2, 0.25) is 0 Å². The molecule has 2 saturated heterocycles. The average Bonchev–Trinajstić information content (AvgIpc) is 2.88. The Kier molecular flexibility index (Phi) is 4.78. The van der Waals surface area contributed by atoms with Gasteiger partial charge in [-0.3, -0.25) is 14.9 Å². The summed E-state index contributed by atoms with van der Waals surface area (Å²) in [5.41, 5.74) is 1.10. The highest BCUT2D eigenvalue weighted by atomic mass is 19.1. The molecule has 2 heterocycles. The SMILES string of the molecule is O=C1NC(=O)[C@H](CC(=O)N2CCC(Cc3ccc(F)cc3)CC2)N1. The summed E-state index contributed by atoms with van der Waals surface area (Å²) in [6.07, 6.45) is 2.64. The van der Waals surface area contributed by atoms with Crippen LogP contribution in [0.4, 0.5) is 9.18 Å². The van der Waals surface area contributed by atoms with E-state index in [9.17, 15) is 18.8 Å². The fraction of sp³-hybridized carbons (Fsp3) is 0.471. The van der Waals surface area contributed by atoms with Crippen molar-refractivity contribution in [1.82, 2.24) is 15.5 Å². The fourth-order valence-electron chi connectivity index (χ4n) is 3.25. The van der Waals surface area contributed by atoms with Crippen molar-refractivity contribution in [3.8, 4) is 0 Å². The van der Waals surface area contributed by atoms with E-state index in [4.69, 9.17) is 0 Å². The van der Waals surface area contributed by atoms with Crippen molar-refractivity contribution in [3.63, 3.8) is 0 Å². The van der Waals surface area contributed by atoms with Crippen LogP contribution in [-0.2, 0) is 16.0 Å². The Morgan fingerprint density at radius 3 is 2.42 bits per heavy atom. The molecule has 0 bridgehead atoms. The number of likely N-dealkylation sites (tertiary alicyclic amines) is 1. The molecule has 3 rings (SSSR count). The zero-order valence-corrected chi connectivity index (χ0v) is 13.3. The highest BCUT2D eigenvalue weighted by Gasteiger charge is 2.33. The normalized spacial score (nSPS) is 21.5. The Morgan fingerprint density at radius 1 is 1.17 bits per heavy atom. The van der Waals surface area contributed by atoms with E-state index < -0.39 is 18.0 Å². The summed E-state index contributed by atoms with van der Waals surface area (Å²) in [5.74, 6) is -0.326. The number of nitrogens with zero attached hydrogens (tertiary/aromatic N) is 1. The number of urea groups is 1. The van der Waals surface area contributed by atoms with E-state index in [0.29, 0.717) is 19.0 Å². The van der Waals surface area contributed by atoms with Gasteiger partial charge in [0.1, 0.15) is 11.9 Å². The maximum absolute atomic E-state index is 12.9. The van der Waals surface area contributed by atoms with E-state index in [0.717, 1.165) is 24.8 Å². The monoisotopic (exact) mass is 333 g/mol. The molecule has 0 saturated carbocycles. The molecule has 0 spiro atoms. The van der Waals surface area contributed by atoms with E-state index in [1.807, 2.05) is 0 Å². The summed E-state index contributed by atoms with van der Waals surface area (Å²) < 4.78 is 12.9. The molecule has 0 radical (unpaired) electrons. The van der Waals surface area contributed by atoms with E-state index in [1.54, 1.807) is 17.0 Å². The molecule has 2 aliphatic heterocycles. The second-order valence-corrected chi connectivity index (χ2v) is 6.37. The number of benzene rings is 1. The van der Waals surface area contributed by atoms with Gasteiger partial charge >= 0.3 is 6.03 Å². The minimum Gasteiger partial charge on any atom is -0.343 e. The van der Waals surface area contributed by atoms with Crippen molar-refractivity contribution in [1.29, 1.82) is 0 Å². The summed E-state index contributed by atoms with van der Waals surface area (Å²) in [5, 5.41) is 4.57. The van der Waals surface area contributed by atoms with Gasteiger partial charge in [0.15, 0.2) is 0 Å². The van der Waals surface area contributed by atoms with Gasteiger partial charge in [-0.2, -0.15) is 0 Å². The number of piperidine rings is 1. The van der Waals surface area contributed by atoms with Crippen LogP contribution in [0.3, 0.4) is 0 Å². The van der Waals surface area contributed by atoms with Crippen LogP contribution in [0, 0.1) is 11.7 Å². The average molecular weight is 333 g/mol. The van der Waals surface area contributed by atoms with Crippen LogP contribution < -0.4 is 10.6 Å². The molecule has 4 amide bonds. The molecule has 0 aromatic heterocycles. The first kappa shape index (κ1) is 16.4. The maximum atomic E-state index is 12.9. The second kappa shape index (κ2) is 6.98. The molecule has 2 N–H and O–H groups in total. The lowest BCUT2D eigenvalue weighted by atomic mass is 9.90. The number of hydrogen-bond acceptors (Lipinski definition) is 3. The van der Waals surface area contributed by atoms with Gasteiger partial charge in [0, 0.05) is 13.1 Å². The molecule has 1 aromatic rings. The van der Waals surface area contributed by atoms with E-state index in [1.165, 1.54) is 12.1 Å². The Balaban J connectivity index is 1.46. The van der Waals surface area contributed by atoms with Crippen LogP contribution in [0.1, 0.15) is 24.8 Å². The van der Waals surface area contributed by atoms with Crippen LogP contribution >= 0.6 is 0 Å². The van der Waals surface area contributed by atoms with Gasteiger partial charge in [-0.1, -0.05) is 12.1 Å². The Morgan fingerprint density at radius 2 is 1.83 bits per heavy atom. The Labute approximate surface area is 139 Å². The van der Waals surface area contributed by atoms with E-state index >= 15 is 0 Å². The van der Waals surface area contributed by atoms with E-state index in [2.05, 4.69) is 10.6 Å². The number of amides is 4. The number of halogens is 1. The molecular weight excluding hydrogens is 313 g/mol. The number of carbonyl (C=O) groups excluding carboxylic acids is 3. The molecule has 2 fully saturated rings. The topological polar surface area (TPSA) is 78.5 Å². The smallest absolute Gasteiger partial charge is 0.322 e. The molecule has 24 heavy (non-hydrogen) atoms. The largest absolute Gasteiger partial charge is 0.343 e. The second-order valence-electron chi connectivity index (χ2n) is 6.37. The predicted octanol–water partition coefficient (Wildman–Crippen LogP) is 1.20. The van der Waals surface area contributed by atoms with Crippen molar-refractivity contribution < 1.29 is 18.8 Å². The lowest BCUT2D eigenvalue weighted by Gasteiger charge is -2.32. The van der Waals surface area contributed by atoms with Gasteiger partial charge in [0.05, 0.1) is 6.42 Å². The lowest BCUT2D eigenvalue weighted by Crippen LogP contribution is -2.42. The van der Waals surface area contributed by atoms with E-state index in [-0.39, 0.29) is 18.1 Å². The van der Waals surface area contributed by atoms with Crippen LogP contribution in [0.5, 0.6) is 0 Å². The maximum Gasteiger partial charge on any atom is 0.322 e. The van der Waals surface area contributed by atoms with Crippen molar-refractivity contribution >= 4 is 17.8 Å². The zero-order valence-electron chi connectivity index (χ0n) is 13.3. The molecule has 2 aliphatic rings. The fourth-order valence-corrected chi connectivity index (χ4v) is 3.25. The van der Waals surface area contributed by atoms with Crippen molar-refractivity contribution in [2.45, 2.75) is 31.7 Å². The molecule has 1 aromatic carbocycles. The van der Waals surface area contributed by atoms with Crippen LogP contribution in [0.15, 0.2) is 24.3 Å². The zero-order chi connectivity index (χ0) is 17.1. The minimum atomic E-state index is -0.762. The van der Waals surface area contributed by atoms with Gasteiger partial charge < -0.3 is 10.2 Å². The molecule has 7 heteroatoms. The first-order valence-electron chi connectivity index (χ1n) is 8.15. The van der Waals surface area contributed by atoms with Crippen molar-refractivity contribution in [3.05, 3.63) is 35.6 Å². The quantitative estimate of drug-likeness (QED) is 0.813. The van der Waals surface area contributed by atoms with Crippen LogP contribution in [-0.4, -0.2) is 41.9 Å². The molecule has 0 unspecified atom stereocenters. The molecule has 1 atom stereocenters. The summed E-state index contributed by atoms with van der Waals surface area (Å²) in [7, 11) is 0. The third kappa shape index (κ3) is 3.90. The summed E-state index contributed by atoms with van der Waals surface area (Å²) >= 11 is 0. The third-order valence-electron chi connectivity index (χ3n) is 4.64. The standard InChI is InChI=1S/C17H20FN3O3/c18-13-3-1-11(2-4-13)9-12-5-7-21(8-6-12)15(22)10-14-16(23)20-17(24)19-14/h1-4,12,14H,5-10H2,(H2,19,20,23,24)/t14-/m0/s1.